The molecular formula is C10H16BNO6. The van der Waals surface area contributed by atoms with Crippen molar-refractivity contribution in [3.8, 4) is 0 Å². The van der Waals surface area contributed by atoms with E-state index in [1.807, 2.05) is 0 Å². The van der Waals surface area contributed by atoms with Gasteiger partial charge in [-0.1, -0.05) is 13.8 Å². The first-order valence-corrected chi connectivity index (χ1v) is 5.61. The summed E-state index contributed by atoms with van der Waals surface area (Å²) in [6, 6.07) is 0. The minimum Gasteiger partial charge on any atom is -0.498 e. The average molecular weight is 257 g/mol. The Balaban J connectivity index is 2.87. The zero-order chi connectivity index (χ0) is 13.9. The number of rotatable bonds is 3. The second-order valence-corrected chi connectivity index (χ2v) is 4.63. The molecule has 0 radical (unpaired) electrons. The van der Waals surface area contributed by atoms with Crippen molar-refractivity contribution in [2.45, 2.75) is 19.7 Å². The molecule has 1 N–H and O–H groups in total. The number of nitrogens with zero attached hydrogens (tertiary/aromatic N) is 1. The van der Waals surface area contributed by atoms with Crippen LogP contribution in [0.25, 0.3) is 0 Å². The summed E-state index contributed by atoms with van der Waals surface area (Å²) in [7, 11) is 0.205. The zero-order valence-electron chi connectivity index (χ0n) is 10.6. The first-order valence-electron chi connectivity index (χ1n) is 5.61. The Morgan fingerprint density at radius 2 is 1.72 bits per heavy atom. The highest BCUT2D eigenvalue weighted by Gasteiger charge is 2.45. The van der Waals surface area contributed by atoms with E-state index in [4.69, 9.17) is 14.4 Å². The molecule has 7 nitrogen and oxygen atoms in total. The molecule has 1 unspecified atom stereocenters. The van der Waals surface area contributed by atoms with Crippen LogP contribution < -0.4 is 0 Å². The maximum atomic E-state index is 11.5. The molecule has 0 bridgehead atoms. The maximum absolute atomic E-state index is 11.5. The summed E-state index contributed by atoms with van der Waals surface area (Å²) in [6.45, 7) is 3.17. The lowest BCUT2D eigenvalue weighted by molar-refractivity contribution is -0.147. The molecule has 0 aromatic heterocycles. The van der Waals surface area contributed by atoms with Crippen LogP contribution in [0.5, 0.6) is 0 Å². The molecule has 1 atom stereocenters. The van der Waals surface area contributed by atoms with Gasteiger partial charge in [0.25, 0.3) is 0 Å². The van der Waals surface area contributed by atoms with E-state index in [9.17, 15) is 14.4 Å². The van der Waals surface area contributed by atoms with Gasteiger partial charge in [0.2, 0.25) is 0 Å². The van der Waals surface area contributed by atoms with Crippen LogP contribution in [-0.4, -0.2) is 55.2 Å². The van der Waals surface area contributed by atoms with E-state index in [1.54, 1.807) is 20.9 Å². The van der Waals surface area contributed by atoms with Crippen molar-refractivity contribution < 1.29 is 28.8 Å². The molecule has 18 heavy (non-hydrogen) atoms. The van der Waals surface area contributed by atoms with E-state index < -0.39 is 30.8 Å². The Morgan fingerprint density at radius 1 is 1.28 bits per heavy atom. The molecule has 1 fully saturated rings. The predicted molar refractivity (Wildman–Crippen MR) is 61.7 cm³/mol. The van der Waals surface area contributed by atoms with Crippen LogP contribution in [0.15, 0.2) is 0 Å². The lowest BCUT2D eigenvalue weighted by atomic mass is 9.65. The smallest absolute Gasteiger partial charge is 0.498 e. The fourth-order valence-electron chi connectivity index (χ4n) is 1.72. The number of carbonyl (C=O) groups is 3. The first-order chi connectivity index (χ1) is 8.31. The van der Waals surface area contributed by atoms with E-state index >= 15 is 0 Å². The third-order valence-corrected chi connectivity index (χ3v) is 2.59. The van der Waals surface area contributed by atoms with Gasteiger partial charge in [0, 0.05) is 0 Å². The fraction of sp³-hybridized carbons (Fsp3) is 0.700. The summed E-state index contributed by atoms with van der Waals surface area (Å²) in [6.07, 6.45) is 0. The van der Waals surface area contributed by atoms with Crippen molar-refractivity contribution in [3.63, 3.8) is 0 Å². The molecule has 1 aliphatic rings. The van der Waals surface area contributed by atoms with Crippen molar-refractivity contribution in [1.29, 1.82) is 0 Å². The molecule has 0 spiro atoms. The van der Waals surface area contributed by atoms with E-state index in [0.717, 1.165) is 0 Å². The fourth-order valence-corrected chi connectivity index (χ4v) is 1.72. The standard InChI is InChI=1S/C10H16BNO6/c1-6(2)9(10(15)16)11-17-7(13)4-12(3)5-8(14)18-11/h6,9H,4-5H2,1-3H3,(H,15,16). The third-order valence-electron chi connectivity index (χ3n) is 2.59. The van der Waals surface area contributed by atoms with Gasteiger partial charge in [-0.2, -0.15) is 0 Å². The summed E-state index contributed by atoms with van der Waals surface area (Å²) in [5.41, 5.74) is 0. The van der Waals surface area contributed by atoms with Crippen LogP contribution in [0.2, 0.25) is 5.82 Å². The summed E-state index contributed by atoms with van der Waals surface area (Å²) in [4.78, 5) is 35.5. The van der Waals surface area contributed by atoms with Crippen molar-refractivity contribution in [3.05, 3.63) is 0 Å². The number of likely N-dealkylation sites (N-methyl/N-ethyl adjacent to an activating group) is 1. The Labute approximate surface area is 105 Å². The SMILES string of the molecule is CC(C)C(B1OC(=O)CN(C)CC(=O)O1)C(=O)O. The number of carbonyl (C=O) groups excluding carboxylic acids is 2. The van der Waals surface area contributed by atoms with Crippen molar-refractivity contribution in [2.75, 3.05) is 20.1 Å². The monoisotopic (exact) mass is 257 g/mol. The minimum atomic E-state index is -1.36. The van der Waals surface area contributed by atoms with Gasteiger partial charge in [0.05, 0.1) is 13.1 Å². The van der Waals surface area contributed by atoms with E-state index in [1.165, 1.54) is 4.90 Å². The van der Waals surface area contributed by atoms with Crippen molar-refractivity contribution in [2.24, 2.45) is 5.92 Å². The van der Waals surface area contributed by atoms with Gasteiger partial charge in [-0.15, -0.1) is 0 Å². The van der Waals surface area contributed by atoms with Crippen molar-refractivity contribution in [1.82, 2.24) is 4.90 Å². The van der Waals surface area contributed by atoms with Gasteiger partial charge in [-0.25, -0.2) is 0 Å². The lowest BCUT2D eigenvalue weighted by Gasteiger charge is -2.26. The molecule has 0 aliphatic carbocycles. The van der Waals surface area contributed by atoms with Crippen LogP contribution in [0.1, 0.15) is 13.8 Å². The molecule has 1 aliphatic heterocycles. The number of carboxylic acid groups (broad SMARTS) is 1. The Morgan fingerprint density at radius 3 is 2.06 bits per heavy atom. The third kappa shape index (κ3) is 3.73. The molecule has 100 valence electrons. The molecule has 1 saturated heterocycles. The van der Waals surface area contributed by atoms with E-state index in [0.29, 0.717) is 0 Å². The van der Waals surface area contributed by atoms with Crippen LogP contribution in [0, 0.1) is 5.92 Å². The van der Waals surface area contributed by atoms with Gasteiger partial charge in [-0.3, -0.25) is 19.3 Å². The highest BCUT2D eigenvalue weighted by atomic mass is 16.6. The molecule has 8 heteroatoms. The molecule has 0 aromatic rings. The molecule has 0 aromatic carbocycles. The Kier molecular flexibility index (Phi) is 4.72. The van der Waals surface area contributed by atoms with E-state index in [2.05, 4.69) is 0 Å². The summed E-state index contributed by atoms with van der Waals surface area (Å²) >= 11 is 0. The second kappa shape index (κ2) is 5.86. The van der Waals surface area contributed by atoms with Gasteiger partial charge in [0.15, 0.2) is 0 Å². The van der Waals surface area contributed by atoms with E-state index in [-0.39, 0.29) is 19.0 Å². The first kappa shape index (κ1) is 14.5. The summed E-state index contributed by atoms with van der Waals surface area (Å²) in [5, 5.41) is 9.09. The average Bonchev–Trinajstić information content (AvgIpc) is 2.12. The van der Waals surface area contributed by atoms with Gasteiger partial charge in [-0.05, 0) is 13.0 Å². The van der Waals surface area contributed by atoms with Gasteiger partial charge in [0.1, 0.15) is 5.82 Å². The normalized spacial score (nSPS) is 19.9. The summed E-state index contributed by atoms with van der Waals surface area (Å²) in [5.74, 6) is -3.78. The van der Waals surface area contributed by atoms with Gasteiger partial charge < -0.3 is 14.4 Å². The Hall–Kier alpha value is -1.57. The summed E-state index contributed by atoms with van der Waals surface area (Å²) < 4.78 is 9.82. The highest BCUT2D eigenvalue weighted by molar-refractivity contribution is 6.55. The van der Waals surface area contributed by atoms with Crippen molar-refractivity contribution >= 4 is 25.0 Å². The Bertz CT molecular complexity index is 338. The minimum absolute atomic E-state index is 0.0734. The van der Waals surface area contributed by atoms with Crippen LogP contribution in [0.3, 0.4) is 0 Å². The number of hydrogen-bond donors (Lipinski definition) is 1. The van der Waals surface area contributed by atoms with Crippen LogP contribution in [0.4, 0.5) is 0 Å². The number of carboxylic acids is 1. The van der Waals surface area contributed by atoms with Gasteiger partial charge >= 0.3 is 25.0 Å². The predicted octanol–water partition coefficient (Wildman–Crippen LogP) is -0.383. The molecule has 1 rings (SSSR count). The number of hydrogen-bond acceptors (Lipinski definition) is 6. The number of aliphatic carboxylic acids is 1. The molecule has 1 heterocycles. The maximum Gasteiger partial charge on any atom is 0.613 e. The van der Waals surface area contributed by atoms with Crippen LogP contribution >= 0.6 is 0 Å². The lowest BCUT2D eigenvalue weighted by Crippen LogP contribution is -2.46. The highest BCUT2D eigenvalue weighted by Crippen LogP contribution is 2.24. The second-order valence-electron chi connectivity index (χ2n) is 4.63. The molecule has 0 saturated carbocycles. The van der Waals surface area contributed by atoms with Crippen LogP contribution in [-0.2, 0) is 23.7 Å². The zero-order valence-corrected chi connectivity index (χ0v) is 10.6. The topological polar surface area (TPSA) is 93.1 Å². The molecular weight excluding hydrogens is 241 g/mol. The largest absolute Gasteiger partial charge is 0.613 e. The quantitative estimate of drug-likeness (QED) is 0.688. The molecule has 0 amide bonds.